The zero-order valence-electron chi connectivity index (χ0n) is 14.5. The molecule has 3 rings (SSSR count). The molecule has 0 aromatic carbocycles. The lowest BCUT2D eigenvalue weighted by Crippen LogP contribution is -2.35. The fourth-order valence-corrected chi connectivity index (χ4v) is 4.35. The Hall–Kier alpha value is -1.09. The van der Waals surface area contributed by atoms with E-state index in [9.17, 15) is 4.79 Å². The third-order valence-corrected chi connectivity index (χ3v) is 5.73. The smallest absolute Gasteiger partial charge is 0.308 e. The van der Waals surface area contributed by atoms with E-state index in [1.807, 2.05) is 0 Å². The van der Waals surface area contributed by atoms with Crippen molar-refractivity contribution < 1.29 is 14.3 Å². The van der Waals surface area contributed by atoms with E-state index in [2.05, 4.69) is 38.5 Å². The van der Waals surface area contributed by atoms with Gasteiger partial charge < -0.3 is 9.47 Å². The molecule has 0 aromatic rings. The first-order valence-corrected chi connectivity index (χ1v) is 9.02. The second kappa shape index (κ2) is 7.21. The summed E-state index contributed by atoms with van der Waals surface area (Å²) in [6.07, 6.45) is 14.1. The van der Waals surface area contributed by atoms with Crippen LogP contribution in [0.25, 0.3) is 0 Å². The van der Waals surface area contributed by atoms with E-state index in [1.165, 1.54) is 12.0 Å². The molecule has 23 heavy (non-hydrogen) atoms. The Kier molecular flexibility index (Phi) is 5.25. The monoisotopic (exact) mass is 317 g/mol. The first-order valence-electron chi connectivity index (χ1n) is 9.02. The Morgan fingerprint density at radius 3 is 2.91 bits per heavy atom. The number of fused-ring (bicyclic) bond motifs is 1. The van der Waals surface area contributed by atoms with E-state index in [-0.39, 0.29) is 18.2 Å². The van der Waals surface area contributed by atoms with Crippen LogP contribution in [-0.2, 0) is 14.3 Å². The van der Waals surface area contributed by atoms with Crippen molar-refractivity contribution in [3.8, 4) is 0 Å². The number of rotatable bonds is 4. The van der Waals surface area contributed by atoms with E-state index in [1.54, 1.807) is 7.11 Å². The summed E-state index contributed by atoms with van der Waals surface area (Å²) in [7, 11) is 1.68. The van der Waals surface area contributed by atoms with Crippen LogP contribution in [0.15, 0.2) is 23.8 Å². The third-order valence-electron chi connectivity index (χ3n) is 5.73. The molecule has 3 aliphatic rings. The van der Waals surface area contributed by atoms with Gasteiger partial charge in [0.1, 0.15) is 6.10 Å². The van der Waals surface area contributed by atoms with Gasteiger partial charge in [-0.15, -0.1) is 0 Å². The van der Waals surface area contributed by atoms with Gasteiger partial charge in [0.25, 0.3) is 0 Å². The molecule has 0 N–H and O–H groups in total. The van der Waals surface area contributed by atoms with Crippen molar-refractivity contribution in [3.05, 3.63) is 30.2 Å². The van der Waals surface area contributed by atoms with Crippen molar-refractivity contribution in [1.82, 2.24) is 0 Å². The maximum Gasteiger partial charge on any atom is 0.308 e. The number of esters is 1. The highest BCUT2D eigenvalue weighted by atomic mass is 16.6. The average molecular weight is 317 g/mol. The van der Waals surface area contributed by atoms with Gasteiger partial charge in [0.15, 0.2) is 0 Å². The van der Waals surface area contributed by atoms with Gasteiger partial charge in [-0.2, -0.15) is 0 Å². The van der Waals surface area contributed by atoms with Crippen molar-refractivity contribution in [3.63, 3.8) is 0 Å². The molecule has 1 fully saturated rings. The van der Waals surface area contributed by atoms with Crippen molar-refractivity contribution in [2.45, 2.75) is 58.2 Å². The second-order valence-corrected chi connectivity index (χ2v) is 7.51. The van der Waals surface area contributed by atoms with Crippen molar-refractivity contribution in [1.29, 1.82) is 0 Å². The lowest BCUT2D eigenvalue weighted by molar-refractivity contribution is -0.162. The Labute approximate surface area is 140 Å². The van der Waals surface area contributed by atoms with Crippen molar-refractivity contribution in [2.24, 2.45) is 23.7 Å². The summed E-state index contributed by atoms with van der Waals surface area (Å²) < 4.78 is 10.9. The van der Waals surface area contributed by atoms with Crippen LogP contribution in [0.4, 0.5) is 0 Å². The van der Waals surface area contributed by atoms with E-state index in [0.717, 1.165) is 19.3 Å². The number of carbonyl (C=O) groups is 1. The second-order valence-electron chi connectivity index (χ2n) is 7.51. The number of hydrogen-bond acceptors (Lipinski definition) is 3. The number of cyclic esters (lactones) is 1. The SMILES string of the molecule is CO[C@H]1CC(=O)O[C@H](CC[C@H]2[C@@H](C)C=CC3=C[C@H](C)C[CH][C@@H]32)C1. The highest BCUT2D eigenvalue weighted by Gasteiger charge is 2.35. The minimum absolute atomic E-state index is 0.0225. The van der Waals surface area contributed by atoms with Crippen LogP contribution < -0.4 is 0 Å². The largest absolute Gasteiger partial charge is 0.462 e. The topological polar surface area (TPSA) is 35.5 Å². The molecular weight excluding hydrogens is 288 g/mol. The number of ether oxygens (including phenoxy) is 2. The maximum absolute atomic E-state index is 11.7. The van der Waals surface area contributed by atoms with Crippen LogP contribution in [0.5, 0.6) is 0 Å². The molecule has 3 heteroatoms. The average Bonchev–Trinajstić information content (AvgIpc) is 2.53. The van der Waals surface area contributed by atoms with Gasteiger partial charge in [-0.25, -0.2) is 0 Å². The lowest BCUT2D eigenvalue weighted by atomic mass is 9.66. The highest BCUT2D eigenvalue weighted by molar-refractivity contribution is 5.71. The molecule has 0 bridgehead atoms. The first kappa shape index (κ1) is 16.8. The summed E-state index contributed by atoms with van der Waals surface area (Å²) in [5.41, 5.74) is 1.49. The Morgan fingerprint density at radius 2 is 2.13 bits per heavy atom. The molecule has 1 radical (unpaired) electrons. The maximum atomic E-state index is 11.7. The summed E-state index contributed by atoms with van der Waals surface area (Å²) >= 11 is 0. The quantitative estimate of drug-likeness (QED) is 0.732. The molecule has 1 saturated heterocycles. The molecule has 1 heterocycles. The molecule has 0 aromatic heterocycles. The molecule has 1 aliphatic heterocycles. The molecule has 0 unspecified atom stereocenters. The predicted molar refractivity (Wildman–Crippen MR) is 90.6 cm³/mol. The minimum Gasteiger partial charge on any atom is -0.462 e. The molecule has 2 aliphatic carbocycles. The van der Waals surface area contributed by atoms with Gasteiger partial charge in [0.05, 0.1) is 12.5 Å². The fourth-order valence-electron chi connectivity index (χ4n) is 4.35. The molecule has 6 atom stereocenters. The van der Waals surface area contributed by atoms with Crippen LogP contribution >= 0.6 is 0 Å². The third kappa shape index (κ3) is 3.88. The standard InChI is InChI=1S/C20H29O3/c1-13-4-8-19-15(10-13)6-5-14(2)18(19)9-7-16-11-17(22-3)12-20(21)23-16/h5-6,8,10,13-14,16-19H,4,7,9,11-12H2,1-3H3/t13-,14+,16-,17-,18+,19+/m1/s1. The Balaban J connectivity index is 1.62. The summed E-state index contributed by atoms with van der Waals surface area (Å²) in [5.74, 6) is 2.33. The van der Waals surface area contributed by atoms with Crippen LogP contribution in [0.1, 0.15) is 46.0 Å². The van der Waals surface area contributed by atoms with Gasteiger partial charge in [0, 0.05) is 13.5 Å². The van der Waals surface area contributed by atoms with Gasteiger partial charge in [0.2, 0.25) is 0 Å². The Morgan fingerprint density at radius 1 is 1.30 bits per heavy atom. The number of carbonyl (C=O) groups excluding carboxylic acids is 1. The molecule has 0 amide bonds. The minimum atomic E-state index is -0.108. The van der Waals surface area contributed by atoms with Crippen molar-refractivity contribution >= 4 is 5.97 Å². The summed E-state index contributed by atoms with van der Waals surface area (Å²) in [4.78, 5) is 11.7. The van der Waals surface area contributed by atoms with Gasteiger partial charge >= 0.3 is 5.97 Å². The van der Waals surface area contributed by atoms with Gasteiger partial charge in [-0.05, 0) is 54.9 Å². The van der Waals surface area contributed by atoms with Crippen LogP contribution in [0, 0.1) is 30.1 Å². The summed E-state index contributed by atoms with van der Waals surface area (Å²) in [6.45, 7) is 4.60. The Bertz CT molecular complexity index is 493. The van der Waals surface area contributed by atoms with E-state index >= 15 is 0 Å². The molecule has 3 nitrogen and oxygen atoms in total. The first-order chi connectivity index (χ1) is 11.1. The zero-order valence-corrected chi connectivity index (χ0v) is 14.5. The normalized spacial score (nSPS) is 40.3. The number of allylic oxidation sites excluding steroid dienone is 4. The number of methoxy groups -OCH3 is 1. The highest BCUT2D eigenvalue weighted by Crippen LogP contribution is 2.43. The molecule has 0 spiro atoms. The van der Waals surface area contributed by atoms with Gasteiger partial charge in [-0.1, -0.05) is 32.1 Å². The molecule has 127 valence electrons. The lowest BCUT2D eigenvalue weighted by Gasteiger charge is -2.39. The number of hydrogen-bond donors (Lipinski definition) is 0. The molecule has 0 saturated carbocycles. The van der Waals surface area contributed by atoms with E-state index < -0.39 is 0 Å². The van der Waals surface area contributed by atoms with Crippen LogP contribution in [0.3, 0.4) is 0 Å². The van der Waals surface area contributed by atoms with Crippen LogP contribution in [0.2, 0.25) is 0 Å². The fraction of sp³-hybridized carbons (Fsp3) is 0.700. The molecular formula is C20H29O3. The van der Waals surface area contributed by atoms with E-state index in [0.29, 0.717) is 30.1 Å². The van der Waals surface area contributed by atoms with Gasteiger partial charge in [-0.3, -0.25) is 4.79 Å². The van der Waals surface area contributed by atoms with Crippen molar-refractivity contribution in [2.75, 3.05) is 7.11 Å². The summed E-state index contributed by atoms with van der Waals surface area (Å²) in [6, 6.07) is 0. The van der Waals surface area contributed by atoms with Crippen LogP contribution in [-0.4, -0.2) is 25.3 Å². The van der Waals surface area contributed by atoms with E-state index in [4.69, 9.17) is 9.47 Å². The summed E-state index contributed by atoms with van der Waals surface area (Å²) in [5, 5.41) is 0. The predicted octanol–water partition coefficient (Wildman–Crippen LogP) is 4.10. The zero-order chi connectivity index (χ0) is 16.4.